The highest BCUT2D eigenvalue weighted by Crippen LogP contribution is 2.36. The minimum Gasteiger partial charge on any atom is -0.378 e. The molecule has 1 fully saturated rings. The molecule has 2 aliphatic rings. The van der Waals surface area contributed by atoms with Crippen molar-refractivity contribution in [1.29, 1.82) is 0 Å². The van der Waals surface area contributed by atoms with Gasteiger partial charge in [0.15, 0.2) is 0 Å². The van der Waals surface area contributed by atoms with E-state index in [2.05, 4.69) is 0 Å². The molecule has 0 bridgehead atoms. The minimum absolute atomic E-state index is 0.0515. The number of morpholine rings is 1. The monoisotopic (exact) mass is 388 g/mol. The van der Waals surface area contributed by atoms with Gasteiger partial charge in [0.2, 0.25) is 0 Å². The van der Waals surface area contributed by atoms with Crippen LogP contribution >= 0.6 is 0 Å². The summed E-state index contributed by atoms with van der Waals surface area (Å²) in [6.07, 6.45) is 0. The van der Waals surface area contributed by atoms with E-state index >= 15 is 0 Å². The third kappa shape index (κ3) is 3.05. The van der Waals surface area contributed by atoms with Gasteiger partial charge in [-0.25, -0.2) is 18.1 Å². The van der Waals surface area contributed by atoms with Crippen LogP contribution in [-0.4, -0.2) is 43.0 Å². The fourth-order valence-electron chi connectivity index (χ4n) is 3.36. The highest BCUT2D eigenvalue weighted by molar-refractivity contribution is 6.45. The second kappa shape index (κ2) is 7.12. The van der Waals surface area contributed by atoms with Gasteiger partial charge in [-0.2, -0.15) is 0 Å². The van der Waals surface area contributed by atoms with Crippen molar-refractivity contribution in [2.24, 2.45) is 0 Å². The van der Waals surface area contributed by atoms with Gasteiger partial charge < -0.3 is 9.64 Å². The van der Waals surface area contributed by atoms with Crippen LogP contribution in [0.1, 0.15) is 5.56 Å². The molecule has 2 aromatic rings. The number of nitrogens with zero attached hydrogens (tertiary/aromatic N) is 2. The van der Waals surface area contributed by atoms with Crippen LogP contribution in [0.3, 0.4) is 0 Å². The fourth-order valence-corrected chi connectivity index (χ4v) is 3.36. The van der Waals surface area contributed by atoms with Crippen LogP contribution in [-0.2, 0) is 14.3 Å². The van der Waals surface area contributed by atoms with Crippen LogP contribution in [0.25, 0.3) is 5.57 Å². The van der Waals surface area contributed by atoms with Crippen LogP contribution in [0, 0.1) is 17.5 Å². The summed E-state index contributed by atoms with van der Waals surface area (Å²) in [5.74, 6) is -3.79. The number of ether oxygens (including phenoxy) is 1. The largest absolute Gasteiger partial charge is 0.378 e. The van der Waals surface area contributed by atoms with Gasteiger partial charge in [0, 0.05) is 19.2 Å². The summed E-state index contributed by atoms with van der Waals surface area (Å²) in [4.78, 5) is 28.7. The van der Waals surface area contributed by atoms with Crippen LogP contribution < -0.4 is 4.90 Å². The molecule has 1 saturated heterocycles. The first kappa shape index (κ1) is 18.2. The molecule has 0 saturated carbocycles. The molecule has 0 N–H and O–H groups in total. The summed E-state index contributed by atoms with van der Waals surface area (Å²) in [6.45, 7) is 1.48. The Hall–Kier alpha value is -3.13. The van der Waals surface area contributed by atoms with E-state index < -0.39 is 29.3 Å². The second-order valence-electron chi connectivity index (χ2n) is 6.37. The smallest absolute Gasteiger partial charge is 0.282 e. The Balaban J connectivity index is 1.84. The molecule has 144 valence electrons. The molecule has 5 nitrogen and oxygen atoms in total. The first-order chi connectivity index (χ1) is 13.5. The van der Waals surface area contributed by atoms with Crippen molar-refractivity contribution in [3.8, 4) is 0 Å². The molecule has 2 aromatic carbocycles. The second-order valence-corrected chi connectivity index (χ2v) is 6.37. The van der Waals surface area contributed by atoms with Crippen LogP contribution in [0.15, 0.2) is 48.2 Å². The Morgan fingerprint density at radius 2 is 1.46 bits per heavy atom. The zero-order valence-electron chi connectivity index (χ0n) is 14.6. The predicted octanol–water partition coefficient (Wildman–Crippen LogP) is 2.72. The van der Waals surface area contributed by atoms with Gasteiger partial charge in [-0.1, -0.05) is 12.1 Å². The standard InChI is InChI=1S/C20H15F3N2O3/c21-13-3-1-12(2-4-13)17-18(24-7-9-28-10-8-24)20(27)25(19(17)26)16-6-5-14(22)11-15(16)23/h1-6,11H,7-10H2. The molecule has 0 atom stereocenters. The Kier molecular flexibility index (Phi) is 4.64. The molecule has 4 rings (SSSR count). The lowest BCUT2D eigenvalue weighted by Crippen LogP contribution is -2.40. The zero-order chi connectivity index (χ0) is 19.8. The minimum atomic E-state index is -1.02. The molecular weight excluding hydrogens is 373 g/mol. The van der Waals surface area contributed by atoms with Gasteiger partial charge in [-0.3, -0.25) is 9.59 Å². The SMILES string of the molecule is O=C1C(c2ccc(F)cc2)=C(N2CCOCC2)C(=O)N1c1ccc(F)cc1F. The number of anilines is 1. The number of amides is 2. The maximum absolute atomic E-state index is 14.3. The van der Waals surface area contributed by atoms with Crippen molar-refractivity contribution < 1.29 is 27.5 Å². The maximum Gasteiger partial charge on any atom is 0.282 e. The highest BCUT2D eigenvalue weighted by atomic mass is 19.1. The molecule has 0 radical (unpaired) electrons. The van der Waals surface area contributed by atoms with Crippen LogP contribution in [0.5, 0.6) is 0 Å². The molecule has 2 heterocycles. The molecule has 2 amide bonds. The van der Waals surface area contributed by atoms with Crippen molar-refractivity contribution in [1.82, 2.24) is 4.90 Å². The maximum atomic E-state index is 14.3. The summed E-state index contributed by atoms with van der Waals surface area (Å²) < 4.78 is 46.2. The molecule has 2 aliphatic heterocycles. The van der Waals surface area contributed by atoms with Gasteiger partial charge in [0.05, 0.1) is 24.5 Å². The number of carbonyl (C=O) groups excluding carboxylic acids is 2. The number of rotatable bonds is 3. The third-order valence-corrected chi connectivity index (χ3v) is 4.67. The normalized spacial score (nSPS) is 17.7. The van der Waals surface area contributed by atoms with E-state index in [1.807, 2.05) is 0 Å². The van der Waals surface area contributed by atoms with Crippen LogP contribution in [0.2, 0.25) is 0 Å². The third-order valence-electron chi connectivity index (χ3n) is 4.67. The summed E-state index contributed by atoms with van der Waals surface area (Å²) in [5, 5.41) is 0. The lowest BCUT2D eigenvalue weighted by molar-refractivity contribution is -0.121. The van der Waals surface area contributed by atoms with E-state index in [0.29, 0.717) is 42.8 Å². The zero-order valence-corrected chi connectivity index (χ0v) is 14.6. The molecule has 8 heteroatoms. The van der Waals surface area contributed by atoms with Crippen molar-refractivity contribution >= 4 is 23.1 Å². The number of imide groups is 1. The fraction of sp³-hybridized carbons (Fsp3) is 0.200. The topological polar surface area (TPSA) is 49.9 Å². The molecule has 28 heavy (non-hydrogen) atoms. The van der Waals surface area contributed by atoms with E-state index in [9.17, 15) is 22.8 Å². The molecule has 0 spiro atoms. The quantitative estimate of drug-likeness (QED) is 0.759. The lowest BCUT2D eigenvalue weighted by Gasteiger charge is -2.29. The first-order valence-electron chi connectivity index (χ1n) is 8.64. The van der Waals surface area contributed by atoms with E-state index in [1.165, 1.54) is 24.3 Å². The van der Waals surface area contributed by atoms with Crippen molar-refractivity contribution in [3.05, 3.63) is 71.2 Å². The summed E-state index contributed by atoms with van der Waals surface area (Å²) >= 11 is 0. The van der Waals surface area contributed by atoms with Crippen LogP contribution in [0.4, 0.5) is 18.9 Å². The Morgan fingerprint density at radius 1 is 0.821 bits per heavy atom. The lowest BCUT2D eigenvalue weighted by atomic mass is 10.0. The summed E-state index contributed by atoms with van der Waals surface area (Å²) in [6, 6.07) is 7.77. The van der Waals surface area contributed by atoms with E-state index in [0.717, 1.165) is 12.1 Å². The van der Waals surface area contributed by atoms with Crippen molar-refractivity contribution in [2.75, 3.05) is 31.2 Å². The predicted molar refractivity (Wildman–Crippen MR) is 94.6 cm³/mol. The van der Waals surface area contributed by atoms with E-state index in [1.54, 1.807) is 4.90 Å². The first-order valence-corrected chi connectivity index (χ1v) is 8.64. The highest BCUT2D eigenvalue weighted by Gasteiger charge is 2.43. The number of benzene rings is 2. The Bertz CT molecular complexity index is 983. The summed E-state index contributed by atoms with van der Waals surface area (Å²) in [7, 11) is 0. The van der Waals surface area contributed by atoms with E-state index in [-0.39, 0.29) is 17.0 Å². The molecule has 0 unspecified atom stereocenters. The average molecular weight is 388 g/mol. The number of hydrogen-bond acceptors (Lipinski definition) is 4. The van der Waals surface area contributed by atoms with Gasteiger partial charge in [0.25, 0.3) is 11.8 Å². The van der Waals surface area contributed by atoms with Gasteiger partial charge in [-0.05, 0) is 29.8 Å². The van der Waals surface area contributed by atoms with Crippen molar-refractivity contribution in [2.45, 2.75) is 0 Å². The van der Waals surface area contributed by atoms with Gasteiger partial charge in [0.1, 0.15) is 23.1 Å². The summed E-state index contributed by atoms with van der Waals surface area (Å²) in [5.41, 5.74) is 0.157. The Morgan fingerprint density at radius 3 is 2.11 bits per heavy atom. The average Bonchev–Trinajstić information content (AvgIpc) is 2.94. The van der Waals surface area contributed by atoms with Gasteiger partial charge >= 0.3 is 0 Å². The number of halogens is 3. The molecular formula is C20H15F3N2O3. The number of hydrogen-bond donors (Lipinski definition) is 0. The van der Waals surface area contributed by atoms with Gasteiger partial charge in [-0.15, -0.1) is 0 Å². The Labute approximate surface area is 158 Å². The molecule has 0 aliphatic carbocycles. The van der Waals surface area contributed by atoms with Crippen molar-refractivity contribution in [3.63, 3.8) is 0 Å². The van der Waals surface area contributed by atoms with E-state index in [4.69, 9.17) is 4.74 Å². The number of carbonyl (C=O) groups is 2. The molecule has 0 aromatic heterocycles.